The lowest BCUT2D eigenvalue weighted by Crippen LogP contribution is -2.38. The molecule has 0 aliphatic carbocycles. The van der Waals surface area contributed by atoms with Crippen LogP contribution >= 0.6 is 0 Å². The molecule has 0 radical (unpaired) electrons. The highest BCUT2D eigenvalue weighted by Gasteiger charge is 2.27. The van der Waals surface area contributed by atoms with Crippen molar-refractivity contribution >= 4 is 27.7 Å². The van der Waals surface area contributed by atoms with E-state index >= 15 is 0 Å². The molecule has 1 fully saturated rings. The number of methoxy groups -OCH3 is 1. The Hall–Kier alpha value is -3.61. The van der Waals surface area contributed by atoms with Gasteiger partial charge in [0.05, 0.1) is 18.0 Å². The number of nitrogens with zero attached hydrogens (tertiary/aromatic N) is 3. The molecular weight excluding hydrogens is 452 g/mol. The molecule has 2 aromatic heterocycles. The smallest absolute Gasteiger partial charge is 0.261 e. The van der Waals surface area contributed by atoms with Crippen LogP contribution in [0.4, 0.5) is 0 Å². The second kappa shape index (κ2) is 9.45. The van der Waals surface area contributed by atoms with E-state index in [9.17, 15) is 9.59 Å². The molecule has 1 amide bonds. The maximum absolute atomic E-state index is 13.4. The van der Waals surface area contributed by atoms with Crippen LogP contribution in [0.2, 0.25) is 0 Å². The first kappa shape index (κ1) is 22.8. The van der Waals surface area contributed by atoms with Crippen molar-refractivity contribution in [1.82, 2.24) is 19.4 Å². The number of ether oxygens (including phenoxy) is 1. The zero-order chi connectivity index (χ0) is 24.6. The van der Waals surface area contributed by atoms with Crippen molar-refractivity contribution in [2.75, 3.05) is 20.2 Å². The minimum Gasteiger partial charge on any atom is -0.497 e. The number of likely N-dealkylation sites (tertiary alicyclic amines) is 1. The van der Waals surface area contributed by atoms with Gasteiger partial charge in [-0.3, -0.25) is 14.2 Å². The molecule has 0 unspecified atom stereocenters. The van der Waals surface area contributed by atoms with Gasteiger partial charge < -0.3 is 14.6 Å². The molecule has 2 aromatic carbocycles. The van der Waals surface area contributed by atoms with E-state index in [1.807, 2.05) is 21.6 Å². The first-order valence-electron chi connectivity index (χ1n) is 13.1. The summed E-state index contributed by atoms with van der Waals surface area (Å²) in [4.78, 5) is 36.7. The second-order valence-electron chi connectivity index (χ2n) is 10.1. The third kappa shape index (κ3) is 4.06. The Morgan fingerprint density at radius 3 is 2.67 bits per heavy atom. The van der Waals surface area contributed by atoms with Crippen LogP contribution in [0.15, 0.2) is 47.4 Å². The number of carbonyl (C=O) groups is 1. The molecule has 7 heteroatoms. The van der Waals surface area contributed by atoms with E-state index in [1.54, 1.807) is 19.2 Å². The van der Waals surface area contributed by atoms with Gasteiger partial charge in [0.1, 0.15) is 11.6 Å². The van der Waals surface area contributed by atoms with Crippen molar-refractivity contribution in [3.63, 3.8) is 0 Å². The highest BCUT2D eigenvalue weighted by molar-refractivity contribution is 5.97. The van der Waals surface area contributed by atoms with Crippen LogP contribution < -0.4 is 10.3 Å². The van der Waals surface area contributed by atoms with Crippen molar-refractivity contribution in [2.45, 2.75) is 57.4 Å². The van der Waals surface area contributed by atoms with Gasteiger partial charge in [0, 0.05) is 48.7 Å². The second-order valence-corrected chi connectivity index (χ2v) is 10.1. The number of hydrogen-bond acceptors (Lipinski definition) is 4. The lowest BCUT2D eigenvalue weighted by Gasteiger charge is -2.32. The lowest BCUT2D eigenvalue weighted by atomic mass is 9.89. The van der Waals surface area contributed by atoms with Gasteiger partial charge in [-0.2, -0.15) is 0 Å². The Labute approximate surface area is 210 Å². The van der Waals surface area contributed by atoms with Gasteiger partial charge in [0.25, 0.3) is 11.5 Å². The quantitative estimate of drug-likeness (QED) is 0.443. The van der Waals surface area contributed by atoms with Crippen LogP contribution in [-0.2, 0) is 13.0 Å². The van der Waals surface area contributed by atoms with Crippen LogP contribution in [0.1, 0.15) is 66.2 Å². The van der Waals surface area contributed by atoms with E-state index < -0.39 is 0 Å². The SMILES string of the molecule is COc1ccc2[nH]cc(C3CCN(C(=O)c4ccc5c(=O)n6c(nc5c4)CCCCCC6)CC3)c2c1. The van der Waals surface area contributed by atoms with Gasteiger partial charge in [0.15, 0.2) is 0 Å². The summed E-state index contributed by atoms with van der Waals surface area (Å²) in [5.74, 6) is 2.12. The Kier molecular flexibility index (Phi) is 5.99. The van der Waals surface area contributed by atoms with E-state index in [0.717, 1.165) is 62.2 Å². The Bertz CT molecular complexity index is 1490. The van der Waals surface area contributed by atoms with E-state index in [-0.39, 0.29) is 11.5 Å². The number of fused-ring (bicyclic) bond motifs is 3. The Morgan fingerprint density at radius 1 is 1.00 bits per heavy atom. The first-order valence-corrected chi connectivity index (χ1v) is 13.1. The van der Waals surface area contributed by atoms with Crippen molar-refractivity contribution in [1.29, 1.82) is 0 Å². The van der Waals surface area contributed by atoms with Crippen molar-refractivity contribution in [3.8, 4) is 5.75 Å². The summed E-state index contributed by atoms with van der Waals surface area (Å²) in [6, 6.07) is 11.5. The number of aromatic amines is 1. The summed E-state index contributed by atoms with van der Waals surface area (Å²) in [5.41, 5.74) is 3.67. The zero-order valence-electron chi connectivity index (χ0n) is 20.8. The molecule has 36 heavy (non-hydrogen) atoms. The van der Waals surface area contributed by atoms with Gasteiger partial charge >= 0.3 is 0 Å². The average Bonchev–Trinajstić information content (AvgIpc) is 3.32. The number of benzene rings is 2. The number of carbonyl (C=O) groups excluding carboxylic acids is 1. The minimum absolute atomic E-state index is 0.0181. The van der Waals surface area contributed by atoms with E-state index in [1.165, 1.54) is 17.4 Å². The number of nitrogens with one attached hydrogen (secondary N) is 1. The number of hydrogen-bond donors (Lipinski definition) is 1. The summed E-state index contributed by atoms with van der Waals surface area (Å²) in [7, 11) is 1.69. The molecule has 0 atom stereocenters. The predicted octanol–water partition coefficient (Wildman–Crippen LogP) is 5.02. The normalized spacial score (nSPS) is 17.1. The van der Waals surface area contributed by atoms with Crippen LogP contribution in [-0.4, -0.2) is 45.5 Å². The van der Waals surface area contributed by atoms with Gasteiger partial charge in [-0.05, 0) is 73.6 Å². The number of aromatic nitrogens is 3. The molecule has 2 aliphatic heterocycles. The molecule has 0 bridgehead atoms. The van der Waals surface area contributed by atoms with Crippen LogP contribution in [0.25, 0.3) is 21.8 Å². The van der Waals surface area contributed by atoms with Crippen LogP contribution in [0.3, 0.4) is 0 Å². The fraction of sp³-hybridized carbons (Fsp3) is 0.414. The van der Waals surface area contributed by atoms with E-state index in [2.05, 4.69) is 23.3 Å². The summed E-state index contributed by atoms with van der Waals surface area (Å²) in [6.07, 6.45) is 9.14. The maximum atomic E-state index is 13.4. The summed E-state index contributed by atoms with van der Waals surface area (Å²) < 4.78 is 7.26. The minimum atomic E-state index is 0.0181. The number of amides is 1. The molecule has 4 heterocycles. The van der Waals surface area contributed by atoms with Gasteiger partial charge in [-0.25, -0.2) is 4.98 Å². The molecule has 0 spiro atoms. The molecule has 7 nitrogen and oxygen atoms in total. The molecule has 6 rings (SSSR count). The fourth-order valence-electron chi connectivity index (χ4n) is 5.89. The molecule has 2 aliphatic rings. The highest BCUT2D eigenvalue weighted by atomic mass is 16.5. The molecular formula is C29H32N4O3. The highest BCUT2D eigenvalue weighted by Crippen LogP contribution is 2.35. The zero-order valence-corrected chi connectivity index (χ0v) is 20.8. The molecule has 186 valence electrons. The largest absolute Gasteiger partial charge is 0.497 e. The first-order chi connectivity index (χ1) is 17.6. The summed E-state index contributed by atoms with van der Waals surface area (Å²) >= 11 is 0. The molecule has 4 aromatic rings. The molecule has 1 N–H and O–H groups in total. The van der Waals surface area contributed by atoms with E-state index in [0.29, 0.717) is 35.5 Å². The fourth-order valence-corrected chi connectivity index (χ4v) is 5.89. The topological polar surface area (TPSA) is 80.2 Å². The predicted molar refractivity (Wildman–Crippen MR) is 141 cm³/mol. The van der Waals surface area contributed by atoms with Crippen molar-refractivity contribution in [3.05, 3.63) is 69.9 Å². The van der Waals surface area contributed by atoms with E-state index in [4.69, 9.17) is 9.72 Å². The standard InChI is InChI=1S/C29H32N4O3/c1-36-21-8-10-25-23(17-21)24(18-30-25)19-11-14-32(15-12-19)28(34)20-7-9-22-26(16-20)31-27-6-4-2-3-5-13-33(27)29(22)35/h7-10,16-19,30H,2-6,11-15H2,1H3. The van der Waals surface area contributed by atoms with Crippen LogP contribution in [0, 0.1) is 0 Å². The van der Waals surface area contributed by atoms with Crippen molar-refractivity contribution in [2.24, 2.45) is 0 Å². The van der Waals surface area contributed by atoms with Crippen molar-refractivity contribution < 1.29 is 9.53 Å². The monoisotopic (exact) mass is 484 g/mol. The summed E-state index contributed by atoms with van der Waals surface area (Å²) in [6.45, 7) is 2.15. The average molecular weight is 485 g/mol. The third-order valence-corrected chi connectivity index (χ3v) is 7.96. The number of rotatable bonds is 3. The molecule has 1 saturated heterocycles. The third-order valence-electron chi connectivity index (χ3n) is 7.96. The van der Waals surface area contributed by atoms with Crippen LogP contribution in [0.5, 0.6) is 5.75 Å². The van der Waals surface area contributed by atoms with Gasteiger partial charge in [-0.1, -0.05) is 12.8 Å². The number of H-pyrrole nitrogens is 1. The molecule has 0 saturated carbocycles. The lowest BCUT2D eigenvalue weighted by molar-refractivity contribution is 0.0713. The number of aryl methyl sites for hydroxylation is 1. The maximum Gasteiger partial charge on any atom is 0.261 e. The van der Waals surface area contributed by atoms with Gasteiger partial charge in [0.2, 0.25) is 0 Å². The Balaban J connectivity index is 1.21. The van der Waals surface area contributed by atoms with Gasteiger partial charge in [-0.15, -0.1) is 0 Å². The summed E-state index contributed by atoms with van der Waals surface area (Å²) in [5, 5.41) is 1.80. The Morgan fingerprint density at radius 2 is 1.83 bits per heavy atom. The number of piperidine rings is 1.